The molecule has 0 atom stereocenters. The lowest BCUT2D eigenvalue weighted by molar-refractivity contribution is -0.0919. The summed E-state index contributed by atoms with van der Waals surface area (Å²) in [6, 6.07) is 0. The Labute approximate surface area is 86.6 Å². The van der Waals surface area contributed by atoms with Crippen molar-refractivity contribution >= 4 is 0 Å². The fraction of sp³-hybridized carbons (Fsp3) is 1.00. The first-order valence-corrected chi connectivity index (χ1v) is 5.82. The van der Waals surface area contributed by atoms with E-state index in [0.717, 1.165) is 11.8 Å². The third-order valence-electron chi connectivity index (χ3n) is 4.18. The summed E-state index contributed by atoms with van der Waals surface area (Å²) in [5.41, 5.74) is 0. The Kier molecular flexibility index (Phi) is 3.13. The van der Waals surface area contributed by atoms with Crippen molar-refractivity contribution in [2.24, 2.45) is 23.7 Å². The van der Waals surface area contributed by atoms with E-state index in [1.165, 1.54) is 32.1 Å². The Morgan fingerprint density at radius 1 is 0.857 bits per heavy atom. The van der Waals surface area contributed by atoms with Crippen LogP contribution < -0.4 is 0 Å². The Morgan fingerprint density at radius 3 is 1.57 bits per heavy atom. The molecule has 1 N–H and O–H groups in total. The first-order valence-electron chi connectivity index (χ1n) is 5.82. The molecule has 4 fully saturated rings. The SMILES string of the molecule is COC.OC1C2CC3CC(C2)CC1C3. The zero-order valence-electron chi connectivity index (χ0n) is 9.28. The van der Waals surface area contributed by atoms with Gasteiger partial charge in [0.25, 0.3) is 0 Å². The van der Waals surface area contributed by atoms with Gasteiger partial charge in [-0.3, -0.25) is 0 Å². The van der Waals surface area contributed by atoms with Crippen LogP contribution in [0.4, 0.5) is 0 Å². The van der Waals surface area contributed by atoms with Gasteiger partial charge in [0.1, 0.15) is 0 Å². The average molecular weight is 198 g/mol. The normalized spacial score (nSPS) is 48.6. The van der Waals surface area contributed by atoms with Gasteiger partial charge in [0.2, 0.25) is 0 Å². The predicted molar refractivity (Wildman–Crippen MR) is 56.0 cm³/mol. The molecule has 2 heteroatoms. The number of hydrogen-bond acceptors (Lipinski definition) is 2. The van der Waals surface area contributed by atoms with Crippen molar-refractivity contribution in [3.63, 3.8) is 0 Å². The molecule has 0 aliphatic heterocycles. The summed E-state index contributed by atoms with van der Waals surface area (Å²) >= 11 is 0. The summed E-state index contributed by atoms with van der Waals surface area (Å²) < 4.78 is 4.25. The van der Waals surface area contributed by atoms with E-state index in [9.17, 15) is 5.11 Å². The van der Waals surface area contributed by atoms with Gasteiger partial charge in [0, 0.05) is 14.2 Å². The summed E-state index contributed by atoms with van der Waals surface area (Å²) in [6.45, 7) is 0. The van der Waals surface area contributed by atoms with Crippen molar-refractivity contribution in [3.05, 3.63) is 0 Å². The summed E-state index contributed by atoms with van der Waals surface area (Å²) in [4.78, 5) is 0. The molecule has 4 saturated carbocycles. The standard InChI is InChI=1S/C10H16O.C2H6O/c11-10-8-2-6-1-7(4-8)5-9(10)3-6;1-3-2/h6-11H,1-5H2;1-2H3. The first kappa shape index (κ1) is 10.4. The number of ether oxygens (including phenoxy) is 1. The third kappa shape index (κ3) is 1.82. The summed E-state index contributed by atoms with van der Waals surface area (Å²) in [6.07, 6.45) is 6.94. The van der Waals surface area contributed by atoms with Crippen molar-refractivity contribution < 1.29 is 9.84 Å². The van der Waals surface area contributed by atoms with Crippen LogP contribution in [0.15, 0.2) is 0 Å². The molecule has 0 heterocycles. The molecule has 0 saturated heterocycles. The quantitative estimate of drug-likeness (QED) is 0.645. The van der Waals surface area contributed by atoms with E-state index in [1.54, 1.807) is 14.2 Å². The lowest BCUT2D eigenvalue weighted by Gasteiger charge is -2.52. The average Bonchev–Trinajstić information content (AvgIpc) is 2.14. The second-order valence-electron chi connectivity index (χ2n) is 5.33. The van der Waals surface area contributed by atoms with E-state index in [4.69, 9.17) is 0 Å². The van der Waals surface area contributed by atoms with Crippen LogP contribution in [0.1, 0.15) is 32.1 Å². The van der Waals surface area contributed by atoms with Gasteiger partial charge in [-0.1, -0.05) is 0 Å². The highest BCUT2D eigenvalue weighted by atomic mass is 16.4. The van der Waals surface area contributed by atoms with Gasteiger partial charge < -0.3 is 9.84 Å². The van der Waals surface area contributed by atoms with Crippen LogP contribution in [0.25, 0.3) is 0 Å². The number of rotatable bonds is 0. The Bertz CT molecular complexity index is 163. The molecule has 14 heavy (non-hydrogen) atoms. The molecule has 82 valence electrons. The van der Waals surface area contributed by atoms with Crippen molar-refractivity contribution in [2.75, 3.05) is 14.2 Å². The van der Waals surface area contributed by atoms with Crippen LogP contribution in [-0.2, 0) is 4.74 Å². The molecule has 4 bridgehead atoms. The van der Waals surface area contributed by atoms with Crippen molar-refractivity contribution in [3.8, 4) is 0 Å². The zero-order chi connectivity index (χ0) is 10.1. The largest absolute Gasteiger partial charge is 0.393 e. The molecule has 4 aliphatic carbocycles. The molecule has 0 unspecified atom stereocenters. The smallest absolute Gasteiger partial charge is 0.0596 e. The molecule has 4 aliphatic rings. The number of hydrogen-bond donors (Lipinski definition) is 1. The van der Waals surface area contributed by atoms with E-state index in [1.807, 2.05) is 0 Å². The van der Waals surface area contributed by atoms with Crippen molar-refractivity contribution in [2.45, 2.75) is 38.2 Å². The maximum Gasteiger partial charge on any atom is 0.0596 e. The lowest BCUT2D eigenvalue weighted by Crippen LogP contribution is -2.48. The van der Waals surface area contributed by atoms with E-state index < -0.39 is 0 Å². The van der Waals surface area contributed by atoms with E-state index in [2.05, 4.69) is 4.74 Å². The zero-order valence-corrected chi connectivity index (χ0v) is 9.28. The van der Waals surface area contributed by atoms with E-state index in [0.29, 0.717) is 11.8 Å². The van der Waals surface area contributed by atoms with Gasteiger partial charge in [-0.05, 0) is 55.8 Å². The van der Waals surface area contributed by atoms with E-state index in [-0.39, 0.29) is 6.10 Å². The summed E-state index contributed by atoms with van der Waals surface area (Å²) in [5.74, 6) is 3.40. The van der Waals surface area contributed by atoms with E-state index >= 15 is 0 Å². The highest BCUT2D eigenvalue weighted by Crippen LogP contribution is 2.53. The molecule has 0 aromatic carbocycles. The molecule has 0 amide bonds. The minimum atomic E-state index is 0.0859. The van der Waals surface area contributed by atoms with Crippen LogP contribution in [0.2, 0.25) is 0 Å². The van der Waals surface area contributed by atoms with Crippen LogP contribution in [0.5, 0.6) is 0 Å². The predicted octanol–water partition coefficient (Wildman–Crippen LogP) is 2.07. The third-order valence-corrected chi connectivity index (χ3v) is 4.18. The first-order chi connectivity index (χ1) is 6.74. The van der Waals surface area contributed by atoms with Crippen LogP contribution in [-0.4, -0.2) is 25.4 Å². The molecule has 0 aromatic heterocycles. The van der Waals surface area contributed by atoms with Crippen LogP contribution in [0.3, 0.4) is 0 Å². The molecule has 4 rings (SSSR count). The lowest BCUT2D eigenvalue weighted by atomic mass is 9.55. The topological polar surface area (TPSA) is 29.5 Å². The summed E-state index contributed by atoms with van der Waals surface area (Å²) in [7, 11) is 3.25. The number of aliphatic hydroxyl groups excluding tert-OH is 1. The highest BCUT2D eigenvalue weighted by Gasteiger charge is 2.47. The van der Waals surface area contributed by atoms with Gasteiger partial charge in [-0.2, -0.15) is 0 Å². The number of aliphatic hydroxyl groups is 1. The second-order valence-corrected chi connectivity index (χ2v) is 5.33. The van der Waals surface area contributed by atoms with Gasteiger partial charge in [-0.25, -0.2) is 0 Å². The fourth-order valence-corrected chi connectivity index (χ4v) is 3.90. The monoisotopic (exact) mass is 198 g/mol. The maximum absolute atomic E-state index is 9.83. The van der Waals surface area contributed by atoms with Gasteiger partial charge in [0.05, 0.1) is 6.10 Å². The second kappa shape index (κ2) is 4.19. The van der Waals surface area contributed by atoms with Gasteiger partial charge in [0.15, 0.2) is 0 Å². The molecule has 0 aromatic rings. The Hall–Kier alpha value is -0.0800. The fourth-order valence-electron chi connectivity index (χ4n) is 3.90. The Morgan fingerprint density at radius 2 is 1.21 bits per heavy atom. The number of methoxy groups -OCH3 is 1. The minimum Gasteiger partial charge on any atom is -0.393 e. The molecule has 0 radical (unpaired) electrons. The molecular weight excluding hydrogens is 176 g/mol. The molecule has 2 nitrogen and oxygen atoms in total. The molecular formula is C12H22O2. The van der Waals surface area contributed by atoms with Gasteiger partial charge >= 0.3 is 0 Å². The van der Waals surface area contributed by atoms with Crippen LogP contribution in [0, 0.1) is 23.7 Å². The van der Waals surface area contributed by atoms with Crippen molar-refractivity contribution in [1.29, 1.82) is 0 Å². The Balaban J connectivity index is 0.000000226. The maximum atomic E-state index is 9.83. The van der Waals surface area contributed by atoms with Gasteiger partial charge in [-0.15, -0.1) is 0 Å². The minimum absolute atomic E-state index is 0.0859. The summed E-state index contributed by atoms with van der Waals surface area (Å²) in [5, 5.41) is 9.83. The van der Waals surface area contributed by atoms with Crippen molar-refractivity contribution in [1.82, 2.24) is 0 Å². The van der Waals surface area contributed by atoms with Crippen LogP contribution >= 0.6 is 0 Å². The highest BCUT2D eigenvalue weighted by molar-refractivity contribution is 4.97. The molecule has 0 spiro atoms.